The predicted octanol–water partition coefficient (Wildman–Crippen LogP) is 2.55. The molecule has 2 N–H and O–H groups in total. The molecule has 0 saturated carbocycles. The molecule has 0 saturated heterocycles. The molecule has 0 spiro atoms. The van der Waals surface area contributed by atoms with Gasteiger partial charge in [-0.15, -0.1) is 0 Å². The Morgan fingerprint density at radius 1 is 1.38 bits per heavy atom. The highest BCUT2D eigenvalue weighted by molar-refractivity contribution is 5.97. The van der Waals surface area contributed by atoms with Gasteiger partial charge in [-0.25, -0.2) is 4.98 Å². The van der Waals surface area contributed by atoms with Gasteiger partial charge in [-0.3, -0.25) is 9.36 Å². The molecule has 1 unspecified atom stereocenters. The minimum Gasteiger partial charge on any atom is -0.335 e. The summed E-state index contributed by atoms with van der Waals surface area (Å²) in [6.45, 7) is 3.49. The Labute approximate surface area is 141 Å². The van der Waals surface area contributed by atoms with Gasteiger partial charge in [0.15, 0.2) is 0 Å². The number of fused-ring (bicyclic) bond motifs is 2. The lowest BCUT2D eigenvalue weighted by Gasteiger charge is -2.23. The quantitative estimate of drug-likeness (QED) is 0.806. The zero-order valence-electron chi connectivity index (χ0n) is 13.9. The van der Waals surface area contributed by atoms with Gasteiger partial charge in [0.25, 0.3) is 0 Å². The monoisotopic (exact) mass is 322 g/mol. The first-order valence-corrected chi connectivity index (χ1v) is 8.53. The van der Waals surface area contributed by atoms with Crippen LogP contribution in [0.2, 0.25) is 0 Å². The van der Waals surface area contributed by atoms with E-state index in [4.69, 9.17) is 5.73 Å². The van der Waals surface area contributed by atoms with Crippen molar-refractivity contribution in [2.75, 3.05) is 6.54 Å². The number of carbonyl (C=O) groups is 1. The Balaban J connectivity index is 1.76. The van der Waals surface area contributed by atoms with Crippen molar-refractivity contribution in [3.8, 4) is 0 Å². The summed E-state index contributed by atoms with van der Waals surface area (Å²) in [6.07, 6.45) is 6.15. The number of imidazole rings is 1. The second-order valence-corrected chi connectivity index (χ2v) is 6.56. The fourth-order valence-electron chi connectivity index (χ4n) is 3.94. The largest absolute Gasteiger partial charge is 0.335 e. The highest BCUT2D eigenvalue weighted by atomic mass is 16.2. The molecule has 3 aromatic rings. The van der Waals surface area contributed by atoms with Crippen LogP contribution < -0.4 is 5.73 Å². The maximum atomic E-state index is 13.3. The van der Waals surface area contributed by atoms with Crippen LogP contribution in [0.25, 0.3) is 10.9 Å². The van der Waals surface area contributed by atoms with Gasteiger partial charge < -0.3 is 10.3 Å². The number of aryl methyl sites for hydroxylation is 1. The topological polar surface area (TPSA) is 65.8 Å². The second-order valence-electron chi connectivity index (χ2n) is 6.56. The first kappa shape index (κ1) is 15.1. The van der Waals surface area contributed by atoms with Crippen LogP contribution in [0.4, 0.5) is 0 Å². The minimum absolute atomic E-state index is 0.00873. The number of hydrogen-bond donors (Lipinski definition) is 1. The average molecular weight is 322 g/mol. The SMILES string of the molecule is Cc1c(CCN)c2ccccc2n1C(=O)C1CCn2cncc2C1. The maximum Gasteiger partial charge on any atom is 0.234 e. The Kier molecular flexibility index (Phi) is 3.73. The van der Waals surface area contributed by atoms with Crippen LogP contribution in [0.15, 0.2) is 36.8 Å². The van der Waals surface area contributed by atoms with E-state index in [1.165, 1.54) is 5.56 Å². The molecule has 1 aliphatic rings. The molecule has 0 aliphatic carbocycles. The number of aromatic nitrogens is 3. The van der Waals surface area contributed by atoms with Gasteiger partial charge in [0.1, 0.15) is 0 Å². The van der Waals surface area contributed by atoms with Gasteiger partial charge in [0.2, 0.25) is 5.91 Å². The molecule has 1 aromatic carbocycles. The summed E-state index contributed by atoms with van der Waals surface area (Å²) in [4.78, 5) is 17.5. The van der Waals surface area contributed by atoms with Gasteiger partial charge in [-0.2, -0.15) is 0 Å². The zero-order chi connectivity index (χ0) is 16.7. The number of carbonyl (C=O) groups excluding carboxylic acids is 1. The van der Waals surface area contributed by atoms with Gasteiger partial charge >= 0.3 is 0 Å². The summed E-state index contributed by atoms with van der Waals surface area (Å²) in [7, 11) is 0. The number of nitrogens with two attached hydrogens (primary N) is 1. The molecule has 1 atom stereocenters. The summed E-state index contributed by atoms with van der Waals surface area (Å²) in [5.74, 6) is 0.203. The molecular formula is C19H22N4O. The standard InChI is InChI=1S/C19H22N4O/c1-13-16(6-8-20)17-4-2-3-5-18(17)23(13)19(24)14-7-9-22-12-21-11-15(22)10-14/h2-5,11-12,14H,6-10,20H2,1H3. The van der Waals surface area contributed by atoms with Crippen molar-refractivity contribution < 1.29 is 4.79 Å². The van der Waals surface area contributed by atoms with Crippen LogP contribution in [0.1, 0.15) is 28.2 Å². The summed E-state index contributed by atoms with van der Waals surface area (Å²) in [6, 6.07) is 8.14. The van der Waals surface area contributed by atoms with E-state index in [1.807, 2.05) is 42.2 Å². The van der Waals surface area contributed by atoms with Crippen LogP contribution >= 0.6 is 0 Å². The van der Waals surface area contributed by atoms with Crippen LogP contribution in [-0.2, 0) is 19.4 Å². The van der Waals surface area contributed by atoms with Crippen LogP contribution in [0.3, 0.4) is 0 Å². The zero-order valence-corrected chi connectivity index (χ0v) is 13.9. The average Bonchev–Trinajstić information content (AvgIpc) is 3.17. The lowest BCUT2D eigenvalue weighted by molar-refractivity contribution is 0.0815. The third-order valence-corrected chi connectivity index (χ3v) is 5.18. The van der Waals surface area contributed by atoms with Crippen molar-refractivity contribution in [2.24, 2.45) is 11.7 Å². The number of rotatable bonds is 3. The minimum atomic E-state index is 0.00873. The molecule has 1 aliphatic heterocycles. The van der Waals surface area contributed by atoms with Gasteiger partial charge in [0, 0.05) is 41.9 Å². The molecule has 24 heavy (non-hydrogen) atoms. The highest BCUT2D eigenvalue weighted by Crippen LogP contribution is 2.29. The molecule has 0 bridgehead atoms. The third-order valence-electron chi connectivity index (χ3n) is 5.18. The Morgan fingerprint density at radius 2 is 2.21 bits per heavy atom. The van der Waals surface area contributed by atoms with Crippen molar-refractivity contribution in [1.29, 1.82) is 0 Å². The normalized spacial score (nSPS) is 17.2. The fourth-order valence-corrected chi connectivity index (χ4v) is 3.94. The number of benzene rings is 1. The molecule has 5 nitrogen and oxygen atoms in total. The molecule has 0 amide bonds. The van der Waals surface area contributed by atoms with Crippen molar-refractivity contribution in [3.05, 3.63) is 53.7 Å². The Bertz CT molecular complexity index is 905. The van der Waals surface area contributed by atoms with E-state index in [9.17, 15) is 4.79 Å². The maximum absolute atomic E-state index is 13.3. The van der Waals surface area contributed by atoms with Gasteiger partial charge in [0.05, 0.1) is 11.8 Å². The van der Waals surface area contributed by atoms with Crippen LogP contribution in [0, 0.1) is 12.8 Å². The van der Waals surface area contributed by atoms with Crippen molar-refractivity contribution in [1.82, 2.24) is 14.1 Å². The summed E-state index contributed by atoms with van der Waals surface area (Å²) in [5.41, 5.74) is 10.2. The lowest BCUT2D eigenvalue weighted by Crippen LogP contribution is -2.29. The van der Waals surface area contributed by atoms with Crippen molar-refractivity contribution >= 4 is 16.8 Å². The molecule has 0 radical (unpaired) electrons. The molecule has 4 rings (SSSR count). The van der Waals surface area contributed by atoms with Gasteiger partial charge in [-0.1, -0.05) is 18.2 Å². The molecule has 5 heteroatoms. The van der Waals surface area contributed by atoms with E-state index in [1.54, 1.807) is 0 Å². The Morgan fingerprint density at radius 3 is 3.04 bits per heavy atom. The second kappa shape index (κ2) is 5.91. The molecule has 3 heterocycles. The lowest BCUT2D eigenvalue weighted by atomic mass is 9.95. The van der Waals surface area contributed by atoms with E-state index in [0.717, 1.165) is 48.1 Å². The highest BCUT2D eigenvalue weighted by Gasteiger charge is 2.28. The number of nitrogens with zero attached hydrogens (tertiary/aromatic N) is 3. The molecule has 124 valence electrons. The first-order chi connectivity index (χ1) is 11.7. The van der Waals surface area contributed by atoms with Gasteiger partial charge in [-0.05, 0) is 37.9 Å². The summed E-state index contributed by atoms with van der Waals surface area (Å²) < 4.78 is 4.06. The third kappa shape index (κ3) is 2.27. The van der Waals surface area contributed by atoms with Crippen LogP contribution in [-0.4, -0.2) is 26.6 Å². The number of hydrogen-bond acceptors (Lipinski definition) is 3. The molecule has 2 aromatic heterocycles. The van der Waals surface area contributed by atoms with Crippen molar-refractivity contribution in [2.45, 2.75) is 32.7 Å². The van der Waals surface area contributed by atoms with Crippen molar-refractivity contribution in [3.63, 3.8) is 0 Å². The summed E-state index contributed by atoms with van der Waals surface area (Å²) >= 11 is 0. The summed E-state index contributed by atoms with van der Waals surface area (Å²) in [5, 5.41) is 1.15. The van der Waals surface area contributed by atoms with E-state index in [2.05, 4.69) is 15.6 Å². The first-order valence-electron chi connectivity index (χ1n) is 8.53. The van der Waals surface area contributed by atoms with E-state index in [-0.39, 0.29) is 11.8 Å². The number of para-hydroxylation sites is 1. The fraction of sp³-hybridized carbons (Fsp3) is 0.368. The van der Waals surface area contributed by atoms with E-state index >= 15 is 0 Å². The van der Waals surface area contributed by atoms with Crippen LogP contribution in [0.5, 0.6) is 0 Å². The predicted molar refractivity (Wildman–Crippen MR) is 94.1 cm³/mol. The smallest absolute Gasteiger partial charge is 0.234 e. The molecular weight excluding hydrogens is 300 g/mol. The Hall–Kier alpha value is -2.40. The van der Waals surface area contributed by atoms with E-state index in [0.29, 0.717) is 6.54 Å². The molecule has 0 fully saturated rings. The van der Waals surface area contributed by atoms with E-state index < -0.39 is 0 Å².